The Balaban J connectivity index is 1.22. The van der Waals surface area contributed by atoms with Crippen LogP contribution in [0.1, 0.15) is 41.6 Å². The van der Waals surface area contributed by atoms with Gasteiger partial charge in [-0.1, -0.05) is 36.4 Å². The Morgan fingerprint density at radius 2 is 1.64 bits per heavy atom. The molecule has 0 atom stereocenters. The number of ether oxygens (including phenoxy) is 1. The van der Waals surface area contributed by atoms with Crippen molar-refractivity contribution >= 4 is 28.4 Å². The van der Waals surface area contributed by atoms with Crippen molar-refractivity contribution in [1.82, 2.24) is 14.9 Å². The average molecular weight is 522 g/mol. The van der Waals surface area contributed by atoms with Crippen LogP contribution >= 0.6 is 0 Å². The van der Waals surface area contributed by atoms with Crippen LogP contribution in [0.5, 0.6) is 5.88 Å². The molecule has 7 heteroatoms. The molecule has 2 aliphatic rings. The third-order valence-electron chi connectivity index (χ3n) is 7.83. The van der Waals surface area contributed by atoms with Gasteiger partial charge in [0.2, 0.25) is 0 Å². The Kier molecular flexibility index (Phi) is 7.16. The van der Waals surface area contributed by atoms with Crippen molar-refractivity contribution in [2.45, 2.75) is 38.7 Å². The number of anilines is 2. The summed E-state index contributed by atoms with van der Waals surface area (Å²) in [5.74, 6) is 1.29. The lowest BCUT2D eigenvalue weighted by Crippen LogP contribution is -2.36. The van der Waals surface area contributed by atoms with Crippen LogP contribution < -0.4 is 15.0 Å². The lowest BCUT2D eigenvalue weighted by Gasteiger charge is -2.30. The number of aryl methyl sites for hydroxylation is 1. The second kappa shape index (κ2) is 11.0. The summed E-state index contributed by atoms with van der Waals surface area (Å²) >= 11 is 0. The lowest BCUT2D eigenvalue weighted by molar-refractivity contribution is 0.102. The van der Waals surface area contributed by atoms with Gasteiger partial charge >= 0.3 is 0 Å². The fourth-order valence-corrected chi connectivity index (χ4v) is 5.48. The molecule has 2 aliphatic heterocycles. The standard InChI is InChI=1S/C32H35N5O2/c1-22-7-3-4-8-27(22)23-9-11-24(12-10-23)31(38)33-25-13-14-28-29(21-25)34-30(37-17-5-6-18-37)32(35-28)39-26-15-19-36(2)20-16-26/h3-4,7-14,21,26H,5-6,15-20H2,1-2H3,(H,33,38). The van der Waals surface area contributed by atoms with Gasteiger partial charge in [-0.2, -0.15) is 0 Å². The predicted octanol–water partition coefficient (Wildman–Crippen LogP) is 5.93. The Morgan fingerprint density at radius 3 is 2.38 bits per heavy atom. The zero-order valence-electron chi connectivity index (χ0n) is 22.7. The minimum absolute atomic E-state index is 0.152. The van der Waals surface area contributed by atoms with E-state index in [1.807, 2.05) is 54.6 Å². The summed E-state index contributed by atoms with van der Waals surface area (Å²) in [7, 11) is 2.15. The summed E-state index contributed by atoms with van der Waals surface area (Å²) in [6.07, 6.45) is 4.43. The summed E-state index contributed by atoms with van der Waals surface area (Å²) < 4.78 is 6.45. The second-order valence-electron chi connectivity index (χ2n) is 10.7. The molecule has 0 bridgehead atoms. The van der Waals surface area contributed by atoms with Gasteiger partial charge < -0.3 is 19.9 Å². The molecule has 1 N–H and O–H groups in total. The Labute approximate surface area is 229 Å². The molecular formula is C32H35N5O2. The van der Waals surface area contributed by atoms with Crippen LogP contribution in [0.3, 0.4) is 0 Å². The highest BCUT2D eigenvalue weighted by molar-refractivity contribution is 6.05. The first-order valence-corrected chi connectivity index (χ1v) is 13.9. The Morgan fingerprint density at radius 1 is 0.897 bits per heavy atom. The first-order valence-electron chi connectivity index (χ1n) is 13.9. The van der Waals surface area contributed by atoms with Crippen LogP contribution in [0.15, 0.2) is 66.7 Å². The van der Waals surface area contributed by atoms with Gasteiger partial charge in [-0.3, -0.25) is 4.79 Å². The number of benzene rings is 3. The third kappa shape index (κ3) is 5.59. The second-order valence-corrected chi connectivity index (χ2v) is 10.7. The molecular weight excluding hydrogens is 486 g/mol. The zero-order chi connectivity index (χ0) is 26.8. The summed E-state index contributed by atoms with van der Waals surface area (Å²) in [5.41, 5.74) is 6.30. The van der Waals surface area contributed by atoms with Crippen LogP contribution in [-0.2, 0) is 0 Å². The predicted molar refractivity (Wildman–Crippen MR) is 157 cm³/mol. The molecule has 2 saturated heterocycles. The molecule has 0 saturated carbocycles. The number of hydrogen-bond donors (Lipinski definition) is 1. The van der Waals surface area contributed by atoms with E-state index in [9.17, 15) is 4.79 Å². The highest BCUT2D eigenvalue weighted by Crippen LogP contribution is 2.32. The van der Waals surface area contributed by atoms with Gasteiger partial charge in [0, 0.05) is 37.4 Å². The zero-order valence-corrected chi connectivity index (χ0v) is 22.7. The van der Waals surface area contributed by atoms with Gasteiger partial charge in [-0.15, -0.1) is 0 Å². The van der Waals surface area contributed by atoms with Crippen molar-refractivity contribution in [3.63, 3.8) is 0 Å². The summed E-state index contributed by atoms with van der Waals surface area (Å²) in [4.78, 5) is 27.6. The number of likely N-dealkylation sites (tertiary alicyclic amines) is 1. The number of piperidine rings is 1. The SMILES string of the molecule is Cc1ccccc1-c1ccc(C(=O)Nc2ccc3nc(OC4CCN(C)CC4)c(N4CCCC4)nc3c2)cc1. The molecule has 39 heavy (non-hydrogen) atoms. The van der Waals surface area contributed by atoms with Crippen LogP contribution in [0.4, 0.5) is 11.5 Å². The van der Waals surface area contributed by atoms with Crippen molar-refractivity contribution in [2.75, 3.05) is 43.4 Å². The van der Waals surface area contributed by atoms with Gasteiger partial charge in [0.05, 0.1) is 11.0 Å². The van der Waals surface area contributed by atoms with Gasteiger partial charge in [-0.05, 0) is 86.7 Å². The van der Waals surface area contributed by atoms with Crippen LogP contribution in [0, 0.1) is 6.92 Å². The number of hydrogen-bond acceptors (Lipinski definition) is 6. The van der Waals surface area contributed by atoms with E-state index in [-0.39, 0.29) is 12.0 Å². The van der Waals surface area contributed by atoms with E-state index < -0.39 is 0 Å². The number of nitrogens with one attached hydrogen (secondary N) is 1. The van der Waals surface area contributed by atoms with Gasteiger partial charge in [0.25, 0.3) is 11.8 Å². The molecule has 1 aromatic heterocycles. The smallest absolute Gasteiger partial charge is 0.258 e. The van der Waals surface area contributed by atoms with Gasteiger partial charge in [-0.25, -0.2) is 9.97 Å². The van der Waals surface area contributed by atoms with Crippen LogP contribution in [0.25, 0.3) is 22.2 Å². The van der Waals surface area contributed by atoms with Crippen LogP contribution in [-0.4, -0.2) is 60.1 Å². The van der Waals surface area contributed by atoms with Gasteiger partial charge in [0.15, 0.2) is 5.82 Å². The minimum Gasteiger partial charge on any atom is -0.472 e. The summed E-state index contributed by atoms with van der Waals surface area (Å²) in [6.45, 7) is 6.07. The Bertz CT molecular complexity index is 1470. The van der Waals surface area contributed by atoms with E-state index in [2.05, 4.69) is 41.2 Å². The number of nitrogens with zero attached hydrogens (tertiary/aromatic N) is 4. The first kappa shape index (κ1) is 25.3. The molecule has 0 unspecified atom stereocenters. The lowest BCUT2D eigenvalue weighted by atomic mass is 9.99. The van der Waals surface area contributed by atoms with E-state index in [1.165, 1.54) is 11.1 Å². The summed E-state index contributed by atoms with van der Waals surface area (Å²) in [5, 5.41) is 3.04. The third-order valence-corrected chi connectivity index (χ3v) is 7.83. The maximum Gasteiger partial charge on any atom is 0.258 e. The van der Waals surface area contributed by atoms with Crippen molar-refractivity contribution in [3.8, 4) is 17.0 Å². The van der Waals surface area contributed by atoms with E-state index in [4.69, 9.17) is 14.7 Å². The largest absolute Gasteiger partial charge is 0.472 e. The maximum atomic E-state index is 13.1. The molecule has 7 nitrogen and oxygen atoms in total. The number of aromatic nitrogens is 2. The molecule has 4 aromatic rings. The van der Waals surface area contributed by atoms with Crippen molar-refractivity contribution in [2.24, 2.45) is 0 Å². The molecule has 6 rings (SSSR count). The fourth-order valence-electron chi connectivity index (χ4n) is 5.48. The van der Waals surface area contributed by atoms with Crippen molar-refractivity contribution < 1.29 is 9.53 Å². The molecule has 1 amide bonds. The van der Waals surface area contributed by atoms with Crippen molar-refractivity contribution in [1.29, 1.82) is 0 Å². The molecule has 2 fully saturated rings. The monoisotopic (exact) mass is 521 g/mol. The Hall–Kier alpha value is -3.97. The van der Waals surface area contributed by atoms with E-state index in [0.29, 0.717) is 17.1 Å². The normalized spacial score (nSPS) is 16.5. The molecule has 0 spiro atoms. The molecule has 3 heterocycles. The highest BCUT2D eigenvalue weighted by atomic mass is 16.5. The van der Waals surface area contributed by atoms with E-state index in [1.54, 1.807) is 0 Å². The van der Waals surface area contributed by atoms with E-state index in [0.717, 1.165) is 74.3 Å². The minimum atomic E-state index is -0.152. The molecule has 200 valence electrons. The number of rotatable bonds is 6. The topological polar surface area (TPSA) is 70.6 Å². The average Bonchev–Trinajstić information content (AvgIpc) is 3.49. The number of fused-ring (bicyclic) bond motifs is 1. The van der Waals surface area contributed by atoms with Crippen molar-refractivity contribution in [3.05, 3.63) is 77.9 Å². The number of carbonyl (C=O) groups excluding carboxylic acids is 1. The highest BCUT2D eigenvalue weighted by Gasteiger charge is 2.25. The quantitative estimate of drug-likeness (QED) is 0.339. The fraction of sp³-hybridized carbons (Fsp3) is 0.344. The molecule has 3 aromatic carbocycles. The van der Waals surface area contributed by atoms with Crippen LogP contribution in [0.2, 0.25) is 0 Å². The maximum absolute atomic E-state index is 13.1. The van der Waals surface area contributed by atoms with E-state index >= 15 is 0 Å². The van der Waals surface area contributed by atoms with Gasteiger partial charge in [0.1, 0.15) is 6.10 Å². The number of carbonyl (C=O) groups is 1. The number of amides is 1. The first-order chi connectivity index (χ1) is 19.0. The molecule has 0 radical (unpaired) electrons. The molecule has 0 aliphatic carbocycles. The summed E-state index contributed by atoms with van der Waals surface area (Å²) in [6, 6.07) is 21.7.